The molecular weight excluding hydrogens is 376 g/mol. The SMILES string of the molecule is CCOC(=O)[C@@H]1[C@@H]2CC[C@]3(O2)[C@H](C(=O)NC(C)(C)C)N(CCCCCO)C(=O)[C@@H]13. The topological polar surface area (TPSA) is 105 Å². The Morgan fingerprint density at radius 3 is 2.66 bits per heavy atom. The van der Waals surface area contributed by atoms with Crippen LogP contribution in [-0.2, 0) is 23.9 Å². The number of likely N-dealkylation sites (tertiary alicyclic amines) is 1. The average Bonchev–Trinajstić information content (AvgIpc) is 3.25. The molecule has 3 rings (SSSR count). The van der Waals surface area contributed by atoms with E-state index in [1.165, 1.54) is 0 Å². The molecule has 3 aliphatic rings. The number of amides is 2. The van der Waals surface area contributed by atoms with E-state index in [1.807, 2.05) is 20.8 Å². The summed E-state index contributed by atoms with van der Waals surface area (Å²) in [6.07, 6.45) is 2.95. The molecule has 0 radical (unpaired) electrons. The molecule has 0 aromatic carbocycles. The first-order valence-corrected chi connectivity index (χ1v) is 10.7. The molecule has 5 atom stereocenters. The van der Waals surface area contributed by atoms with Gasteiger partial charge in [-0.25, -0.2) is 0 Å². The Morgan fingerprint density at radius 2 is 2.03 bits per heavy atom. The third-order valence-corrected chi connectivity index (χ3v) is 6.16. The van der Waals surface area contributed by atoms with Crippen LogP contribution in [0.25, 0.3) is 0 Å². The Morgan fingerprint density at radius 1 is 1.31 bits per heavy atom. The maximum atomic E-state index is 13.4. The molecule has 1 spiro atoms. The van der Waals surface area contributed by atoms with E-state index < -0.39 is 35.0 Å². The first-order chi connectivity index (χ1) is 13.7. The van der Waals surface area contributed by atoms with Gasteiger partial charge in [0.2, 0.25) is 11.8 Å². The summed E-state index contributed by atoms with van der Waals surface area (Å²) >= 11 is 0. The normalized spacial score (nSPS) is 33.1. The number of rotatable bonds is 8. The van der Waals surface area contributed by atoms with Crippen molar-refractivity contribution in [2.24, 2.45) is 11.8 Å². The molecule has 3 saturated heterocycles. The minimum Gasteiger partial charge on any atom is -0.466 e. The maximum Gasteiger partial charge on any atom is 0.312 e. The Kier molecular flexibility index (Phi) is 6.24. The van der Waals surface area contributed by atoms with Gasteiger partial charge in [0.25, 0.3) is 0 Å². The van der Waals surface area contributed by atoms with E-state index in [2.05, 4.69) is 5.32 Å². The number of aliphatic hydroxyl groups is 1. The van der Waals surface area contributed by atoms with Gasteiger partial charge in [0.15, 0.2) is 0 Å². The minimum absolute atomic E-state index is 0.101. The molecule has 3 aliphatic heterocycles. The zero-order valence-electron chi connectivity index (χ0n) is 17.9. The highest BCUT2D eigenvalue weighted by Gasteiger charge is 2.74. The molecule has 0 aliphatic carbocycles. The number of nitrogens with one attached hydrogen (secondary N) is 1. The van der Waals surface area contributed by atoms with Crippen LogP contribution in [0, 0.1) is 11.8 Å². The van der Waals surface area contributed by atoms with E-state index in [1.54, 1.807) is 11.8 Å². The lowest BCUT2D eigenvalue weighted by atomic mass is 9.70. The van der Waals surface area contributed by atoms with Gasteiger partial charge in [0, 0.05) is 18.7 Å². The zero-order valence-corrected chi connectivity index (χ0v) is 17.9. The number of carbonyl (C=O) groups excluding carboxylic acids is 3. The molecule has 164 valence electrons. The lowest BCUT2D eigenvalue weighted by molar-refractivity contribution is -0.154. The van der Waals surface area contributed by atoms with Gasteiger partial charge in [-0.3, -0.25) is 14.4 Å². The fourth-order valence-corrected chi connectivity index (χ4v) is 5.21. The Hall–Kier alpha value is -1.67. The van der Waals surface area contributed by atoms with Crippen molar-refractivity contribution in [3.63, 3.8) is 0 Å². The summed E-state index contributed by atoms with van der Waals surface area (Å²) in [5.74, 6) is -2.16. The number of ether oxygens (including phenoxy) is 2. The summed E-state index contributed by atoms with van der Waals surface area (Å²) in [5, 5.41) is 12.0. The van der Waals surface area contributed by atoms with Crippen molar-refractivity contribution in [2.75, 3.05) is 19.8 Å². The predicted octanol–water partition coefficient (Wildman–Crippen LogP) is 1.00. The first kappa shape index (κ1) is 22.0. The largest absolute Gasteiger partial charge is 0.466 e. The number of carbonyl (C=O) groups is 3. The Balaban J connectivity index is 1.91. The molecule has 8 nitrogen and oxygen atoms in total. The Bertz CT molecular complexity index is 660. The van der Waals surface area contributed by atoms with E-state index in [0.717, 1.165) is 6.42 Å². The summed E-state index contributed by atoms with van der Waals surface area (Å²) in [5.41, 5.74) is -1.42. The van der Waals surface area contributed by atoms with Gasteiger partial charge in [-0.15, -0.1) is 0 Å². The second-order valence-corrected chi connectivity index (χ2v) is 9.36. The highest BCUT2D eigenvalue weighted by molar-refractivity contribution is 5.98. The zero-order chi connectivity index (χ0) is 21.4. The van der Waals surface area contributed by atoms with Crippen LogP contribution in [0.4, 0.5) is 0 Å². The number of nitrogens with zero attached hydrogens (tertiary/aromatic N) is 1. The van der Waals surface area contributed by atoms with Crippen LogP contribution in [0.5, 0.6) is 0 Å². The van der Waals surface area contributed by atoms with E-state index in [9.17, 15) is 14.4 Å². The summed E-state index contributed by atoms with van der Waals surface area (Å²) in [6.45, 7) is 8.19. The number of hydrogen-bond donors (Lipinski definition) is 2. The number of fused-ring (bicyclic) bond motifs is 1. The van der Waals surface area contributed by atoms with Crippen LogP contribution in [0.15, 0.2) is 0 Å². The monoisotopic (exact) mass is 410 g/mol. The average molecular weight is 411 g/mol. The van der Waals surface area contributed by atoms with Crippen molar-refractivity contribution in [3.8, 4) is 0 Å². The molecule has 2 amide bonds. The second kappa shape index (κ2) is 8.22. The molecule has 3 fully saturated rings. The number of esters is 1. The van der Waals surface area contributed by atoms with E-state index in [0.29, 0.717) is 32.2 Å². The summed E-state index contributed by atoms with van der Waals surface area (Å²) in [6, 6.07) is -0.752. The van der Waals surface area contributed by atoms with E-state index in [4.69, 9.17) is 14.6 Å². The quantitative estimate of drug-likeness (QED) is 0.457. The van der Waals surface area contributed by atoms with Crippen LogP contribution in [0.3, 0.4) is 0 Å². The molecular formula is C21H34N2O6. The molecule has 0 aromatic rings. The molecule has 3 heterocycles. The molecule has 8 heteroatoms. The van der Waals surface area contributed by atoms with Gasteiger partial charge in [-0.05, 0) is 59.8 Å². The van der Waals surface area contributed by atoms with Crippen LogP contribution < -0.4 is 5.32 Å². The second-order valence-electron chi connectivity index (χ2n) is 9.36. The van der Waals surface area contributed by atoms with Crippen molar-refractivity contribution in [3.05, 3.63) is 0 Å². The van der Waals surface area contributed by atoms with Gasteiger partial charge in [0.1, 0.15) is 11.6 Å². The third-order valence-electron chi connectivity index (χ3n) is 6.16. The molecule has 2 bridgehead atoms. The van der Waals surface area contributed by atoms with Crippen molar-refractivity contribution in [1.82, 2.24) is 10.2 Å². The summed E-state index contributed by atoms with van der Waals surface area (Å²) < 4.78 is 11.5. The fourth-order valence-electron chi connectivity index (χ4n) is 5.21. The molecule has 0 saturated carbocycles. The van der Waals surface area contributed by atoms with Crippen LogP contribution >= 0.6 is 0 Å². The number of aliphatic hydroxyl groups excluding tert-OH is 1. The lowest BCUT2D eigenvalue weighted by Crippen LogP contribution is -2.58. The van der Waals surface area contributed by atoms with Gasteiger partial charge in [-0.1, -0.05) is 0 Å². The molecule has 2 N–H and O–H groups in total. The van der Waals surface area contributed by atoms with Crippen LogP contribution in [-0.4, -0.2) is 70.8 Å². The van der Waals surface area contributed by atoms with Gasteiger partial charge < -0.3 is 24.8 Å². The summed E-state index contributed by atoms with van der Waals surface area (Å²) in [7, 11) is 0. The van der Waals surface area contributed by atoms with Crippen LogP contribution in [0.1, 0.15) is 59.8 Å². The van der Waals surface area contributed by atoms with Crippen molar-refractivity contribution < 1.29 is 29.0 Å². The Labute approximate surface area is 172 Å². The van der Waals surface area contributed by atoms with E-state index in [-0.39, 0.29) is 31.1 Å². The number of unbranched alkanes of at least 4 members (excludes halogenated alkanes) is 2. The molecule has 0 aromatic heterocycles. The highest BCUT2D eigenvalue weighted by atomic mass is 16.6. The number of hydrogen-bond acceptors (Lipinski definition) is 6. The third kappa shape index (κ3) is 3.89. The maximum absolute atomic E-state index is 13.4. The molecule has 29 heavy (non-hydrogen) atoms. The highest BCUT2D eigenvalue weighted by Crippen LogP contribution is 2.58. The first-order valence-electron chi connectivity index (χ1n) is 10.7. The van der Waals surface area contributed by atoms with Gasteiger partial charge >= 0.3 is 5.97 Å². The smallest absolute Gasteiger partial charge is 0.312 e. The van der Waals surface area contributed by atoms with Crippen molar-refractivity contribution in [1.29, 1.82) is 0 Å². The van der Waals surface area contributed by atoms with Gasteiger partial charge in [-0.2, -0.15) is 0 Å². The van der Waals surface area contributed by atoms with Crippen LogP contribution in [0.2, 0.25) is 0 Å². The van der Waals surface area contributed by atoms with Gasteiger partial charge in [0.05, 0.1) is 24.5 Å². The molecule has 0 unspecified atom stereocenters. The standard InChI is InChI=1S/C21H34N2O6/c1-5-28-19(27)14-13-9-10-21(29-13)15(14)18(26)23(11-7-6-8-12-24)16(21)17(25)22-20(2,3)4/h13-16,24H,5-12H2,1-4H3,(H,22,25)/t13-,14+,15+,16-,21+/m0/s1. The predicted molar refractivity (Wildman–Crippen MR) is 105 cm³/mol. The minimum atomic E-state index is -0.967. The fraction of sp³-hybridized carbons (Fsp3) is 0.857. The van der Waals surface area contributed by atoms with Crippen molar-refractivity contribution in [2.45, 2.75) is 83.1 Å². The lowest BCUT2D eigenvalue weighted by Gasteiger charge is -2.35. The van der Waals surface area contributed by atoms with Crippen molar-refractivity contribution >= 4 is 17.8 Å². The summed E-state index contributed by atoms with van der Waals surface area (Å²) in [4.78, 5) is 41.0. The van der Waals surface area contributed by atoms with E-state index >= 15 is 0 Å².